The second kappa shape index (κ2) is 4.16. The van der Waals surface area contributed by atoms with Crippen LogP contribution < -0.4 is 0 Å². The first kappa shape index (κ1) is 10.4. The second-order valence-electron chi connectivity index (χ2n) is 2.93. The molecule has 2 aromatic rings. The lowest BCUT2D eigenvalue weighted by molar-refractivity contribution is 0.112. The summed E-state index contributed by atoms with van der Waals surface area (Å²) in [4.78, 5) is 10.6. The van der Waals surface area contributed by atoms with E-state index >= 15 is 0 Å². The van der Waals surface area contributed by atoms with Crippen molar-refractivity contribution in [2.24, 2.45) is 0 Å². The smallest absolute Gasteiger partial charge is 0.150 e. The molecular formula is C10H6BrClN2O. The van der Waals surface area contributed by atoms with Gasteiger partial charge >= 0.3 is 0 Å². The summed E-state index contributed by atoms with van der Waals surface area (Å²) >= 11 is 9.15. The summed E-state index contributed by atoms with van der Waals surface area (Å²) < 4.78 is 2.47. The van der Waals surface area contributed by atoms with Crippen molar-refractivity contribution in [3.63, 3.8) is 0 Å². The first-order valence-corrected chi connectivity index (χ1v) is 5.33. The fourth-order valence-corrected chi connectivity index (χ4v) is 1.78. The molecular weight excluding hydrogens is 279 g/mol. The minimum absolute atomic E-state index is 0.554. The summed E-state index contributed by atoms with van der Waals surface area (Å²) in [6.07, 6.45) is 4.01. The number of carbonyl (C=O) groups is 1. The molecule has 0 bridgehead atoms. The van der Waals surface area contributed by atoms with Gasteiger partial charge in [-0.2, -0.15) is 5.10 Å². The standard InChI is InChI=1S/C10H6BrClN2O/c11-9-2-1-7(6-15)3-10(9)14-5-8(12)4-13-14/h1-6H. The number of aromatic nitrogens is 2. The van der Waals surface area contributed by atoms with Gasteiger partial charge in [0, 0.05) is 16.2 Å². The van der Waals surface area contributed by atoms with Crippen molar-refractivity contribution in [3.05, 3.63) is 45.7 Å². The van der Waals surface area contributed by atoms with Gasteiger partial charge in [-0.3, -0.25) is 4.79 Å². The lowest BCUT2D eigenvalue weighted by Gasteiger charge is -2.04. The zero-order valence-electron chi connectivity index (χ0n) is 7.52. The molecule has 0 fully saturated rings. The number of carbonyl (C=O) groups excluding carboxylic acids is 1. The van der Waals surface area contributed by atoms with Gasteiger partial charge in [0.1, 0.15) is 6.29 Å². The fraction of sp³-hybridized carbons (Fsp3) is 0. The molecule has 76 valence electrons. The largest absolute Gasteiger partial charge is 0.298 e. The first-order valence-electron chi connectivity index (χ1n) is 4.16. The van der Waals surface area contributed by atoms with Crippen LogP contribution in [-0.2, 0) is 0 Å². The van der Waals surface area contributed by atoms with E-state index in [9.17, 15) is 4.79 Å². The molecule has 2 rings (SSSR count). The van der Waals surface area contributed by atoms with Gasteiger partial charge in [-0.25, -0.2) is 4.68 Å². The Hall–Kier alpha value is -1.13. The minimum atomic E-state index is 0.554. The Morgan fingerprint density at radius 1 is 1.47 bits per heavy atom. The molecule has 0 spiro atoms. The van der Waals surface area contributed by atoms with Crippen LogP contribution in [0.4, 0.5) is 0 Å². The number of benzene rings is 1. The number of aldehydes is 1. The normalized spacial score (nSPS) is 10.3. The van der Waals surface area contributed by atoms with Crippen LogP contribution in [0.3, 0.4) is 0 Å². The second-order valence-corrected chi connectivity index (χ2v) is 4.22. The van der Waals surface area contributed by atoms with E-state index in [1.165, 1.54) is 0 Å². The summed E-state index contributed by atoms with van der Waals surface area (Å²) in [6.45, 7) is 0. The third-order valence-electron chi connectivity index (χ3n) is 1.90. The summed E-state index contributed by atoms with van der Waals surface area (Å²) in [7, 11) is 0. The monoisotopic (exact) mass is 284 g/mol. The Morgan fingerprint density at radius 3 is 2.87 bits per heavy atom. The number of nitrogens with zero attached hydrogens (tertiary/aromatic N) is 2. The van der Waals surface area contributed by atoms with E-state index in [0.29, 0.717) is 10.6 Å². The van der Waals surface area contributed by atoms with Crippen molar-refractivity contribution in [1.82, 2.24) is 9.78 Å². The molecule has 1 aromatic heterocycles. The maximum Gasteiger partial charge on any atom is 0.150 e. The van der Waals surface area contributed by atoms with E-state index in [1.54, 1.807) is 35.3 Å². The first-order chi connectivity index (χ1) is 7.20. The summed E-state index contributed by atoms with van der Waals surface area (Å²) in [6, 6.07) is 5.26. The van der Waals surface area contributed by atoms with Gasteiger partial charge < -0.3 is 0 Å². The Kier molecular flexibility index (Phi) is 2.88. The van der Waals surface area contributed by atoms with E-state index in [-0.39, 0.29) is 0 Å². The van der Waals surface area contributed by atoms with E-state index < -0.39 is 0 Å². The molecule has 5 heteroatoms. The fourth-order valence-electron chi connectivity index (χ4n) is 1.21. The lowest BCUT2D eigenvalue weighted by Crippen LogP contribution is -1.96. The van der Waals surface area contributed by atoms with Crippen molar-refractivity contribution in [2.75, 3.05) is 0 Å². The number of halogens is 2. The molecule has 15 heavy (non-hydrogen) atoms. The van der Waals surface area contributed by atoms with Gasteiger partial charge in [-0.05, 0) is 28.1 Å². The van der Waals surface area contributed by atoms with E-state index in [1.807, 2.05) is 0 Å². The Bertz CT molecular complexity index is 510. The van der Waals surface area contributed by atoms with Crippen LogP contribution in [0, 0.1) is 0 Å². The molecule has 0 aliphatic carbocycles. The SMILES string of the molecule is O=Cc1ccc(Br)c(-n2cc(Cl)cn2)c1. The molecule has 1 aromatic carbocycles. The average molecular weight is 286 g/mol. The molecule has 0 aliphatic rings. The number of rotatable bonds is 2. The predicted molar refractivity (Wildman–Crippen MR) is 61.7 cm³/mol. The van der Waals surface area contributed by atoms with Crippen LogP contribution in [0.15, 0.2) is 35.1 Å². The highest BCUT2D eigenvalue weighted by Gasteiger charge is 2.05. The summed E-state index contributed by atoms with van der Waals surface area (Å²) in [5, 5.41) is 4.62. The molecule has 0 saturated carbocycles. The number of hydrogen-bond donors (Lipinski definition) is 0. The van der Waals surface area contributed by atoms with Gasteiger partial charge in [0.25, 0.3) is 0 Å². The minimum Gasteiger partial charge on any atom is -0.298 e. The molecule has 0 saturated heterocycles. The van der Waals surface area contributed by atoms with Crippen molar-refractivity contribution < 1.29 is 4.79 Å². The topological polar surface area (TPSA) is 34.9 Å². The van der Waals surface area contributed by atoms with Crippen LogP contribution in [0.2, 0.25) is 5.02 Å². The zero-order chi connectivity index (χ0) is 10.8. The van der Waals surface area contributed by atoms with Crippen LogP contribution in [-0.4, -0.2) is 16.1 Å². The third kappa shape index (κ3) is 2.11. The molecule has 3 nitrogen and oxygen atoms in total. The molecule has 1 heterocycles. The third-order valence-corrected chi connectivity index (χ3v) is 2.77. The molecule has 0 radical (unpaired) electrons. The van der Waals surface area contributed by atoms with Gasteiger partial charge in [-0.1, -0.05) is 17.7 Å². The highest BCUT2D eigenvalue weighted by atomic mass is 79.9. The van der Waals surface area contributed by atoms with Crippen LogP contribution in [0.25, 0.3) is 5.69 Å². The highest BCUT2D eigenvalue weighted by Crippen LogP contribution is 2.22. The van der Waals surface area contributed by atoms with Crippen LogP contribution in [0.1, 0.15) is 10.4 Å². The molecule has 0 aliphatic heterocycles. The Balaban J connectivity index is 2.55. The van der Waals surface area contributed by atoms with E-state index in [4.69, 9.17) is 11.6 Å². The van der Waals surface area contributed by atoms with Crippen LogP contribution in [0.5, 0.6) is 0 Å². The van der Waals surface area contributed by atoms with Gasteiger partial charge in [0.2, 0.25) is 0 Å². The molecule has 0 N–H and O–H groups in total. The van der Waals surface area contributed by atoms with Crippen molar-refractivity contribution in [1.29, 1.82) is 0 Å². The van der Waals surface area contributed by atoms with Crippen molar-refractivity contribution >= 4 is 33.8 Å². The zero-order valence-corrected chi connectivity index (χ0v) is 9.86. The van der Waals surface area contributed by atoms with Gasteiger partial charge in [0.05, 0.1) is 16.9 Å². The van der Waals surface area contributed by atoms with Gasteiger partial charge in [-0.15, -0.1) is 0 Å². The van der Waals surface area contributed by atoms with E-state index in [2.05, 4.69) is 21.0 Å². The highest BCUT2D eigenvalue weighted by molar-refractivity contribution is 9.10. The average Bonchev–Trinajstić information content (AvgIpc) is 2.65. The van der Waals surface area contributed by atoms with Gasteiger partial charge in [0.15, 0.2) is 0 Å². The van der Waals surface area contributed by atoms with E-state index in [0.717, 1.165) is 16.4 Å². The van der Waals surface area contributed by atoms with Crippen molar-refractivity contribution in [3.8, 4) is 5.69 Å². The molecule has 0 unspecified atom stereocenters. The van der Waals surface area contributed by atoms with Crippen LogP contribution >= 0.6 is 27.5 Å². The van der Waals surface area contributed by atoms with Crippen molar-refractivity contribution in [2.45, 2.75) is 0 Å². The maximum absolute atomic E-state index is 10.6. The lowest BCUT2D eigenvalue weighted by atomic mass is 10.2. The predicted octanol–water partition coefficient (Wildman–Crippen LogP) is 3.10. The molecule has 0 atom stereocenters. The molecule has 0 amide bonds. The maximum atomic E-state index is 10.6. The summed E-state index contributed by atoms with van der Waals surface area (Å²) in [5.41, 5.74) is 1.38. The quantitative estimate of drug-likeness (QED) is 0.795. The number of hydrogen-bond acceptors (Lipinski definition) is 2. The Labute approximate surface area is 99.8 Å². The Morgan fingerprint density at radius 2 is 2.27 bits per heavy atom. The summed E-state index contributed by atoms with van der Waals surface area (Å²) in [5.74, 6) is 0.